The van der Waals surface area contributed by atoms with Crippen molar-refractivity contribution in [3.05, 3.63) is 48.1 Å². The van der Waals surface area contributed by atoms with Gasteiger partial charge >= 0.3 is 0 Å². The molecule has 3 nitrogen and oxygen atoms in total. The molecule has 0 spiro atoms. The van der Waals surface area contributed by atoms with Gasteiger partial charge in [0, 0.05) is 12.6 Å². The van der Waals surface area contributed by atoms with Gasteiger partial charge < -0.3 is 10.1 Å². The molecule has 0 fully saturated rings. The molecular formula is C16H21NO2. The van der Waals surface area contributed by atoms with Crippen LogP contribution in [0.4, 0.5) is 0 Å². The van der Waals surface area contributed by atoms with Gasteiger partial charge in [-0.3, -0.25) is 4.79 Å². The van der Waals surface area contributed by atoms with E-state index in [9.17, 15) is 4.79 Å². The third kappa shape index (κ3) is 6.46. The third-order valence-corrected chi connectivity index (χ3v) is 2.46. The maximum absolute atomic E-state index is 11.5. The lowest BCUT2D eigenvalue weighted by atomic mass is 10.2. The third-order valence-electron chi connectivity index (χ3n) is 2.46. The van der Waals surface area contributed by atoms with Gasteiger partial charge in [-0.05, 0) is 44.0 Å². The minimum Gasteiger partial charge on any atom is -0.494 e. The van der Waals surface area contributed by atoms with Gasteiger partial charge in [0.1, 0.15) is 5.75 Å². The fourth-order valence-corrected chi connectivity index (χ4v) is 1.52. The second kappa shape index (κ2) is 8.97. The number of carbonyl (C=O) groups excluding carboxylic acids is 1. The van der Waals surface area contributed by atoms with E-state index in [4.69, 9.17) is 4.74 Å². The van der Waals surface area contributed by atoms with E-state index in [1.165, 1.54) is 0 Å². The Kier molecular flexibility index (Phi) is 7.10. The monoisotopic (exact) mass is 259 g/mol. The molecule has 0 radical (unpaired) electrons. The van der Waals surface area contributed by atoms with Crippen molar-refractivity contribution in [3.63, 3.8) is 0 Å². The topological polar surface area (TPSA) is 38.3 Å². The minimum atomic E-state index is -0.0709. The van der Waals surface area contributed by atoms with Crippen molar-refractivity contribution < 1.29 is 9.53 Å². The highest BCUT2D eigenvalue weighted by Gasteiger charge is 1.94. The Morgan fingerprint density at radius 1 is 1.32 bits per heavy atom. The van der Waals surface area contributed by atoms with Crippen molar-refractivity contribution in [2.75, 3.05) is 13.2 Å². The summed E-state index contributed by atoms with van der Waals surface area (Å²) >= 11 is 0. The van der Waals surface area contributed by atoms with Crippen LogP contribution in [-0.2, 0) is 4.79 Å². The van der Waals surface area contributed by atoms with Gasteiger partial charge in [0.05, 0.1) is 6.61 Å². The fourth-order valence-electron chi connectivity index (χ4n) is 1.52. The van der Waals surface area contributed by atoms with E-state index in [0.29, 0.717) is 13.2 Å². The van der Waals surface area contributed by atoms with Crippen LogP contribution in [-0.4, -0.2) is 19.1 Å². The first-order valence-electron chi connectivity index (χ1n) is 6.56. The van der Waals surface area contributed by atoms with Crippen molar-refractivity contribution in [2.24, 2.45) is 0 Å². The first-order chi connectivity index (χ1) is 9.26. The number of hydrogen-bond donors (Lipinski definition) is 1. The minimum absolute atomic E-state index is 0.0709. The Labute approximate surface area is 115 Å². The number of amides is 1. The summed E-state index contributed by atoms with van der Waals surface area (Å²) in [5, 5.41) is 2.82. The summed E-state index contributed by atoms with van der Waals surface area (Å²) in [6.45, 7) is 5.24. The first-order valence-corrected chi connectivity index (χ1v) is 6.56. The molecule has 102 valence electrons. The van der Waals surface area contributed by atoms with E-state index in [2.05, 4.69) is 5.32 Å². The summed E-state index contributed by atoms with van der Waals surface area (Å²) in [6.07, 6.45) is 8.20. The van der Waals surface area contributed by atoms with Crippen LogP contribution >= 0.6 is 0 Å². The van der Waals surface area contributed by atoms with Gasteiger partial charge in [-0.25, -0.2) is 0 Å². The Morgan fingerprint density at radius 3 is 2.68 bits per heavy atom. The molecule has 1 amide bonds. The maximum atomic E-state index is 11.5. The molecule has 1 N–H and O–H groups in total. The smallest absolute Gasteiger partial charge is 0.244 e. The summed E-state index contributed by atoms with van der Waals surface area (Å²) in [7, 11) is 0. The fraction of sp³-hybridized carbons (Fsp3) is 0.312. The predicted molar refractivity (Wildman–Crippen MR) is 79.1 cm³/mol. The summed E-state index contributed by atoms with van der Waals surface area (Å²) in [4.78, 5) is 11.5. The Hall–Kier alpha value is -2.03. The van der Waals surface area contributed by atoms with Crippen LogP contribution in [0.2, 0.25) is 0 Å². The van der Waals surface area contributed by atoms with Gasteiger partial charge in [0.25, 0.3) is 0 Å². The van der Waals surface area contributed by atoms with Crippen LogP contribution in [0.1, 0.15) is 25.8 Å². The molecule has 0 heterocycles. The molecule has 3 heteroatoms. The second-order valence-electron chi connectivity index (χ2n) is 3.98. The molecule has 19 heavy (non-hydrogen) atoms. The van der Waals surface area contributed by atoms with Crippen LogP contribution in [0.3, 0.4) is 0 Å². The van der Waals surface area contributed by atoms with Crippen LogP contribution in [0, 0.1) is 0 Å². The normalized spacial score (nSPS) is 11.1. The van der Waals surface area contributed by atoms with Gasteiger partial charge in [0.15, 0.2) is 0 Å². The van der Waals surface area contributed by atoms with Gasteiger partial charge in [0.2, 0.25) is 5.91 Å². The molecule has 0 aliphatic carbocycles. The average molecular weight is 259 g/mol. The zero-order chi connectivity index (χ0) is 13.9. The van der Waals surface area contributed by atoms with Crippen LogP contribution < -0.4 is 10.1 Å². The Balaban J connectivity index is 2.40. The summed E-state index contributed by atoms with van der Waals surface area (Å²) in [6, 6.07) is 7.64. The predicted octanol–water partition coefficient (Wildman–Crippen LogP) is 3.18. The molecule has 1 rings (SSSR count). The molecule has 0 saturated heterocycles. The highest BCUT2D eigenvalue weighted by molar-refractivity contribution is 5.91. The SMILES string of the molecule is C/C=C/CCNC(=O)/C=C/c1ccc(OCC)cc1. The van der Waals surface area contributed by atoms with Crippen molar-refractivity contribution in [1.29, 1.82) is 0 Å². The van der Waals surface area contributed by atoms with Crippen molar-refractivity contribution in [3.8, 4) is 5.75 Å². The highest BCUT2D eigenvalue weighted by atomic mass is 16.5. The number of nitrogens with one attached hydrogen (secondary N) is 1. The van der Waals surface area contributed by atoms with Crippen LogP contribution in [0.15, 0.2) is 42.5 Å². The molecular weight excluding hydrogens is 238 g/mol. The number of carbonyl (C=O) groups is 1. The van der Waals surface area contributed by atoms with Crippen LogP contribution in [0.25, 0.3) is 6.08 Å². The van der Waals surface area contributed by atoms with E-state index in [1.807, 2.05) is 50.3 Å². The van der Waals surface area contributed by atoms with Gasteiger partial charge in [-0.2, -0.15) is 0 Å². The zero-order valence-electron chi connectivity index (χ0n) is 11.6. The Morgan fingerprint density at radius 2 is 2.05 bits per heavy atom. The van der Waals surface area contributed by atoms with Crippen molar-refractivity contribution in [1.82, 2.24) is 5.32 Å². The van der Waals surface area contributed by atoms with E-state index in [-0.39, 0.29) is 5.91 Å². The molecule has 1 aromatic rings. The lowest BCUT2D eigenvalue weighted by molar-refractivity contribution is -0.116. The molecule has 0 bridgehead atoms. The van der Waals surface area contributed by atoms with Gasteiger partial charge in [-0.15, -0.1) is 0 Å². The molecule has 1 aromatic carbocycles. The molecule has 0 aromatic heterocycles. The van der Waals surface area contributed by atoms with E-state index in [1.54, 1.807) is 12.2 Å². The number of ether oxygens (including phenoxy) is 1. The molecule has 0 aliphatic rings. The number of hydrogen-bond acceptors (Lipinski definition) is 2. The average Bonchev–Trinajstić information content (AvgIpc) is 2.43. The maximum Gasteiger partial charge on any atom is 0.244 e. The molecule has 0 aliphatic heterocycles. The first kappa shape index (κ1) is 15.0. The highest BCUT2D eigenvalue weighted by Crippen LogP contribution is 2.12. The van der Waals surface area contributed by atoms with Gasteiger partial charge in [-0.1, -0.05) is 24.3 Å². The standard InChI is InChI=1S/C16H21NO2/c1-3-5-6-13-17-16(18)12-9-14-7-10-15(11-8-14)19-4-2/h3,5,7-12H,4,6,13H2,1-2H3,(H,17,18)/b5-3+,12-9+. The summed E-state index contributed by atoms with van der Waals surface area (Å²) < 4.78 is 5.35. The summed E-state index contributed by atoms with van der Waals surface area (Å²) in [5.74, 6) is 0.772. The molecule has 0 saturated carbocycles. The number of benzene rings is 1. The molecule has 0 unspecified atom stereocenters. The number of rotatable bonds is 7. The van der Waals surface area contributed by atoms with Crippen molar-refractivity contribution >= 4 is 12.0 Å². The lowest BCUT2D eigenvalue weighted by Crippen LogP contribution is -2.21. The zero-order valence-corrected chi connectivity index (χ0v) is 11.6. The van der Waals surface area contributed by atoms with E-state index < -0.39 is 0 Å². The lowest BCUT2D eigenvalue weighted by Gasteiger charge is -2.02. The number of allylic oxidation sites excluding steroid dienone is 1. The van der Waals surface area contributed by atoms with Crippen LogP contribution in [0.5, 0.6) is 5.75 Å². The van der Waals surface area contributed by atoms with E-state index in [0.717, 1.165) is 17.7 Å². The largest absolute Gasteiger partial charge is 0.494 e. The quantitative estimate of drug-likeness (QED) is 0.464. The Bertz CT molecular complexity index is 433. The summed E-state index contributed by atoms with van der Waals surface area (Å²) in [5.41, 5.74) is 0.979. The molecule has 0 atom stereocenters. The second-order valence-corrected chi connectivity index (χ2v) is 3.98. The van der Waals surface area contributed by atoms with Crippen molar-refractivity contribution in [2.45, 2.75) is 20.3 Å². The van der Waals surface area contributed by atoms with E-state index >= 15 is 0 Å².